The van der Waals surface area contributed by atoms with Gasteiger partial charge in [0.1, 0.15) is 11.2 Å². The Kier molecular flexibility index (Phi) is 7.05. The fraction of sp³-hybridized carbons (Fsp3) is 0.556. The molecule has 0 saturated heterocycles. The van der Waals surface area contributed by atoms with Crippen LogP contribution < -0.4 is 0 Å². The molecule has 0 aromatic heterocycles. The molecule has 0 N–H and O–H groups in total. The van der Waals surface area contributed by atoms with Crippen LogP contribution >= 0.6 is 31.9 Å². The predicted molar refractivity (Wildman–Crippen MR) is 101 cm³/mol. The van der Waals surface area contributed by atoms with Crippen molar-refractivity contribution in [2.24, 2.45) is 0 Å². The van der Waals surface area contributed by atoms with Crippen molar-refractivity contribution < 1.29 is 19.1 Å². The summed E-state index contributed by atoms with van der Waals surface area (Å²) in [5.74, 6) is -0.963. The Balaban J connectivity index is 3.18. The van der Waals surface area contributed by atoms with Crippen LogP contribution in [0.5, 0.6) is 0 Å². The largest absolute Gasteiger partial charge is 0.456 e. The third-order valence-corrected chi connectivity index (χ3v) is 5.25. The fourth-order valence-corrected chi connectivity index (χ4v) is 2.94. The van der Waals surface area contributed by atoms with Gasteiger partial charge in [0.2, 0.25) is 0 Å². The molecule has 4 nitrogen and oxygen atoms in total. The third-order valence-electron chi connectivity index (χ3n) is 3.94. The highest BCUT2D eigenvalue weighted by Gasteiger charge is 2.27. The normalized spacial score (nSPS) is 12.0. The van der Waals surface area contributed by atoms with Gasteiger partial charge in [0.15, 0.2) is 0 Å². The second-order valence-corrected chi connectivity index (χ2v) is 8.53. The Bertz CT molecular complexity index is 585. The van der Waals surface area contributed by atoms with E-state index < -0.39 is 23.1 Å². The van der Waals surface area contributed by atoms with Crippen LogP contribution in [0.15, 0.2) is 21.1 Å². The van der Waals surface area contributed by atoms with Crippen LogP contribution in [0.4, 0.5) is 0 Å². The van der Waals surface area contributed by atoms with Gasteiger partial charge in [-0.15, -0.1) is 0 Å². The van der Waals surface area contributed by atoms with Crippen molar-refractivity contribution in [1.29, 1.82) is 0 Å². The van der Waals surface area contributed by atoms with Gasteiger partial charge in [-0.3, -0.25) is 0 Å². The highest BCUT2D eigenvalue weighted by Crippen LogP contribution is 2.30. The van der Waals surface area contributed by atoms with Crippen molar-refractivity contribution in [3.63, 3.8) is 0 Å². The lowest BCUT2D eigenvalue weighted by atomic mass is 10.1. The zero-order valence-corrected chi connectivity index (χ0v) is 18.1. The number of hydrogen-bond acceptors (Lipinski definition) is 4. The summed E-state index contributed by atoms with van der Waals surface area (Å²) in [6, 6.07) is 3.15. The molecular weight excluding hydrogens is 440 g/mol. The lowest BCUT2D eigenvalue weighted by Gasteiger charge is -2.25. The van der Waals surface area contributed by atoms with E-state index in [9.17, 15) is 9.59 Å². The second kappa shape index (κ2) is 8.00. The Morgan fingerprint density at radius 1 is 0.833 bits per heavy atom. The molecule has 0 atom stereocenters. The van der Waals surface area contributed by atoms with Gasteiger partial charge in [-0.2, -0.15) is 0 Å². The number of hydrogen-bond donors (Lipinski definition) is 0. The summed E-state index contributed by atoms with van der Waals surface area (Å²) in [5.41, 5.74) is -0.565. The highest BCUT2D eigenvalue weighted by atomic mass is 79.9. The summed E-state index contributed by atoms with van der Waals surface area (Å²) in [7, 11) is 0. The zero-order chi connectivity index (χ0) is 18.7. The van der Waals surface area contributed by atoms with Gasteiger partial charge < -0.3 is 9.47 Å². The van der Waals surface area contributed by atoms with Crippen LogP contribution in [0.3, 0.4) is 0 Å². The van der Waals surface area contributed by atoms with E-state index in [0.29, 0.717) is 32.9 Å². The average molecular weight is 464 g/mol. The Morgan fingerprint density at radius 2 is 1.17 bits per heavy atom. The predicted octanol–water partition coefficient (Wildman–Crippen LogP) is 5.90. The monoisotopic (exact) mass is 462 g/mol. The van der Waals surface area contributed by atoms with E-state index in [-0.39, 0.29) is 0 Å². The van der Waals surface area contributed by atoms with E-state index in [1.54, 1.807) is 6.07 Å². The van der Waals surface area contributed by atoms with Gasteiger partial charge in [0, 0.05) is 8.95 Å². The van der Waals surface area contributed by atoms with Crippen molar-refractivity contribution in [1.82, 2.24) is 0 Å². The third kappa shape index (κ3) is 5.59. The standard InChI is InChI=1S/C18H24Br2O4/c1-7-17(3,4)23-15(21)11-9-12(14(20)10-13(11)19)16(22)24-18(5,6)8-2/h9-10H,7-8H2,1-6H3. The Hall–Kier alpha value is -0.880. The van der Waals surface area contributed by atoms with Crippen LogP contribution in [-0.2, 0) is 9.47 Å². The SMILES string of the molecule is CCC(C)(C)OC(=O)c1cc(C(=O)OC(C)(C)CC)c(Br)cc1Br. The first kappa shape index (κ1) is 21.2. The van der Waals surface area contributed by atoms with Crippen molar-refractivity contribution in [2.75, 3.05) is 0 Å². The number of halogens is 2. The molecule has 0 bridgehead atoms. The molecule has 24 heavy (non-hydrogen) atoms. The van der Waals surface area contributed by atoms with Gasteiger partial charge in [-0.25, -0.2) is 9.59 Å². The summed E-state index contributed by atoms with van der Waals surface area (Å²) in [5, 5.41) is 0. The molecule has 0 heterocycles. The molecule has 134 valence electrons. The van der Waals surface area contributed by atoms with E-state index in [4.69, 9.17) is 9.47 Å². The van der Waals surface area contributed by atoms with Gasteiger partial charge in [0.25, 0.3) is 0 Å². The van der Waals surface area contributed by atoms with Crippen LogP contribution in [0.2, 0.25) is 0 Å². The molecule has 1 rings (SSSR count). The smallest absolute Gasteiger partial charge is 0.339 e. The zero-order valence-electron chi connectivity index (χ0n) is 15.0. The highest BCUT2D eigenvalue weighted by molar-refractivity contribution is 9.11. The molecule has 0 fully saturated rings. The number of ether oxygens (including phenoxy) is 2. The van der Waals surface area contributed by atoms with Crippen LogP contribution in [0, 0.1) is 0 Å². The summed E-state index contributed by atoms with van der Waals surface area (Å²) in [4.78, 5) is 24.9. The topological polar surface area (TPSA) is 52.6 Å². The number of carbonyl (C=O) groups is 2. The Labute approximate surface area is 160 Å². The minimum absolute atomic E-state index is 0.293. The summed E-state index contributed by atoms with van der Waals surface area (Å²) in [6.07, 6.45) is 1.37. The Morgan fingerprint density at radius 3 is 1.46 bits per heavy atom. The number of benzene rings is 1. The number of esters is 2. The van der Waals surface area contributed by atoms with E-state index in [0.717, 1.165) is 0 Å². The van der Waals surface area contributed by atoms with Crippen LogP contribution in [-0.4, -0.2) is 23.1 Å². The van der Waals surface area contributed by atoms with E-state index in [1.807, 2.05) is 41.5 Å². The van der Waals surface area contributed by atoms with E-state index >= 15 is 0 Å². The van der Waals surface area contributed by atoms with E-state index in [2.05, 4.69) is 31.9 Å². The molecule has 0 radical (unpaired) electrons. The molecule has 0 aliphatic heterocycles. The molecule has 1 aromatic carbocycles. The van der Waals surface area contributed by atoms with Gasteiger partial charge in [-0.1, -0.05) is 13.8 Å². The number of rotatable bonds is 6. The average Bonchev–Trinajstić information content (AvgIpc) is 2.46. The fourth-order valence-electron chi connectivity index (χ4n) is 1.62. The van der Waals surface area contributed by atoms with Crippen molar-refractivity contribution in [3.8, 4) is 0 Å². The van der Waals surface area contributed by atoms with Gasteiger partial charge >= 0.3 is 11.9 Å². The molecule has 1 aromatic rings. The molecule has 0 unspecified atom stereocenters. The van der Waals surface area contributed by atoms with Gasteiger partial charge in [0.05, 0.1) is 11.1 Å². The maximum atomic E-state index is 12.4. The molecular formula is C18H24Br2O4. The van der Waals surface area contributed by atoms with Crippen molar-refractivity contribution in [3.05, 3.63) is 32.2 Å². The quantitative estimate of drug-likeness (QED) is 0.492. The molecule has 0 amide bonds. The minimum Gasteiger partial charge on any atom is -0.456 e. The second-order valence-electron chi connectivity index (χ2n) is 6.82. The van der Waals surface area contributed by atoms with Crippen LogP contribution in [0.1, 0.15) is 75.1 Å². The first-order valence-electron chi connectivity index (χ1n) is 7.88. The molecule has 6 heteroatoms. The summed E-state index contributed by atoms with van der Waals surface area (Å²) < 4.78 is 12.1. The maximum Gasteiger partial charge on any atom is 0.339 e. The summed E-state index contributed by atoms with van der Waals surface area (Å²) >= 11 is 6.71. The molecule has 0 spiro atoms. The number of carbonyl (C=O) groups excluding carboxylic acids is 2. The van der Waals surface area contributed by atoms with E-state index in [1.165, 1.54) is 6.07 Å². The summed E-state index contributed by atoms with van der Waals surface area (Å²) in [6.45, 7) is 11.3. The lowest BCUT2D eigenvalue weighted by molar-refractivity contribution is -0.00261. The maximum absolute atomic E-state index is 12.4. The van der Waals surface area contributed by atoms with Crippen LogP contribution in [0.25, 0.3) is 0 Å². The minimum atomic E-state index is -0.575. The first-order chi connectivity index (χ1) is 10.9. The molecule has 0 aliphatic rings. The lowest BCUT2D eigenvalue weighted by Crippen LogP contribution is -2.28. The molecule has 0 aliphatic carbocycles. The van der Waals surface area contributed by atoms with Gasteiger partial charge in [-0.05, 0) is 84.5 Å². The van der Waals surface area contributed by atoms with Crippen molar-refractivity contribution in [2.45, 2.75) is 65.6 Å². The first-order valence-corrected chi connectivity index (χ1v) is 9.46. The van der Waals surface area contributed by atoms with Crippen molar-refractivity contribution >= 4 is 43.8 Å². The molecule has 0 saturated carbocycles.